The molecule has 0 saturated carbocycles. The van der Waals surface area contributed by atoms with Gasteiger partial charge in [-0.15, -0.1) is 0 Å². The maximum absolute atomic E-state index is 13.5. The standard InChI is InChI=1S/C19H16F4N2O4/c1-10(29-16(27)8-11-3-2-4-12(20)7-11)19(28)24-9-15(26)25-14-6-5-13(21)17(22)18(14)23/h2-7,10H,8-9H2,1H3,(H,24,28)(H,25,26). The molecule has 2 N–H and O–H groups in total. The fourth-order valence-corrected chi connectivity index (χ4v) is 2.23. The van der Waals surface area contributed by atoms with Gasteiger partial charge in [-0.1, -0.05) is 12.1 Å². The summed E-state index contributed by atoms with van der Waals surface area (Å²) in [7, 11) is 0. The van der Waals surface area contributed by atoms with E-state index in [1.54, 1.807) is 0 Å². The van der Waals surface area contributed by atoms with Crippen LogP contribution in [-0.4, -0.2) is 30.4 Å². The van der Waals surface area contributed by atoms with Gasteiger partial charge in [-0.25, -0.2) is 17.6 Å². The monoisotopic (exact) mass is 412 g/mol. The van der Waals surface area contributed by atoms with Crippen molar-refractivity contribution in [1.29, 1.82) is 0 Å². The first-order chi connectivity index (χ1) is 13.7. The molecule has 0 spiro atoms. The van der Waals surface area contributed by atoms with Crippen molar-refractivity contribution in [3.63, 3.8) is 0 Å². The van der Waals surface area contributed by atoms with E-state index >= 15 is 0 Å². The highest BCUT2D eigenvalue weighted by Crippen LogP contribution is 2.19. The van der Waals surface area contributed by atoms with Crippen molar-refractivity contribution in [2.24, 2.45) is 0 Å². The molecule has 0 aromatic heterocycles. The van der Waals surface area contributed by atoms with Gasteiger partial charge in [0.15, 0.2) is 23.6 Å². The average molecular weight is 412 g/mol. The van der Waals surface area contributed by atoms with Gasteiger partial charge in [0.25, 0.3) is 5.91 Å². The summed E-state index contributed by atoms with van der Waals surface area (Å²) in [4.78, 5) is 35.4. The first kappa shape index (κ1) is 21.9. The number of hydrogen-bond donors (Lipinski definition) is 2. The van der Waals surface area contributed by atoms with E-state index in [9.17, 15) is 31.9 Å². The van der Waals surface area contributed by atoms with Crippen LogP contribution in [0.4, 0.5) is 23.2 Å². The topological polar surface area (TPSA) is 84.5 Å². The molecule has 2 aromatic rings. The quantitative estimate of drug-likeness (QED) is 0.416. The Kier molecular flexibility index (Phi) is 7.29. The van der Waals surface area contributed by atoms with Crippen molar-refractivity contribution in [1.82, 2.24) is 5.32 Å². The van der Waals surface area contributed by atoms with Gasteiger partial charge in [-0.2, -0.15) is 0 Å². The zero-order valence-electron chi connectivity index (χ0n) is 15.1. The Balaban J connectivity index is 1.81. The highest BCUT2D eigenvalue weighted by molar-refractivity contribution is 5.95. The zero-order valence-corrected chi connectivity index (χ0v) is 15.1. The molecular weight excluding hydrogens is 396 g/mol. The van der Waals surface area contributed by atoms with Crippen molar-refractivity contribution in [2.45, 2.75) is 19.4 Å². The Bertz CT molecular complexity index is 936. The summed E-state index contributed by atoms with van der Waals surface area (Å²) in [6, 6.07) is 6.74. The molecule has 0 aliphatic carbocycles. The van der Waals surface area contributed by atoms with Crippen molar-refractivity contribution >= 4 is 23.5 Å². The predicted octanol–water partition coefficient (Wildman–Crippen LogP) is 2.47. The highest BCUT2D eigenvalue weighted by atomic mass is 19.2. The molecule has 0 radical (unpaired) electrons. The Morgan fingerprint density at radius 1 is 1.03 bits per heavy atom. The van der Waals surface area contributed by atoms with Gasteiger partial charge in [-0.05, 0) is 36.8 Å². The second kappa shape index (κ2) is 9.67. The molecule has 0 saturated heterocycles. The smallest absolute Gasteiger partial charge is 0.311 e. The van der Waals surface area contributed by atoms with Gasteiger partial charge in [0.05, 0.1) is 18.7 Å². The Hall–Kier alpha value is -3.43. The molecular formula is C19H16F4N2O4. The third-order valence-electron chi connectivity index (χ3n) is 3.65. The molecule has 6 nitrogen and oxygen atoms in total. The second-order valence-corrected chi connectivity index (χ2v) is 5.93. The summed E-state index contributed by atoms with van der Waals surface area (Å²) in [6.45, 7) is 0.620. The first-order valence-electron chi connectivity index (χ1n) is 8.32. The molecule has 10 heteroatoms. The van der Waals surface area contributed by atoms with E-state index in [4.69, 9.17) is 4.74 Å². The van der Waals surface area contributed by atoms with Gasteiger partial charge in [0.1, 0.15) is 5.82 Å². The van der Waals surface area contributed by atoms with Crippen LogP contribution in [0.25, 0.3) is 0 Å². The molecule has 2 rings (SSSR count). The van der Waals surface area contributed by atoms with Gasteiger partial charge >= 0.3 is 5.97 Å². The van der Waals surface area contributed by atoms with Crippen molar-refractivity contribution < 1.29 is 36.7 Å². The number of ether oxygens (including phenoxy) is 1. The predicted molar refractivity (Wildman–Crippen MR) is 93.6 cm³/mol. The number of amides is 2. The van der Waals surface area contributed by atoms with E-state index in [0.717, 1.165) is 12.1 Å². The van der Waals surface area contributed by atoms with E-state index < -0.39 is 59.4 Å². The van der Waals surface area contributed by atoms with Crippen LogP contribution in [0.2, 0.25) is 0 Å². The van der Waals surface area contributed by atoms with E-state index in [2.05, 4.69) is 5.32 Å². The average Bonchev–Trinajstić information content (AvgIpc) is 2.66. The number of hydrogen-bond acceptors (Lipinski definition) is 4. The minimum atomic E-state index is -1.74. The van der Waals surface area contributed by atoms with Crippen LogP contribution >= 0.6 is 0 Å². The third kappa shape index (κ3) is 6.30. The minimum absolute atomic E-state index is 0.259. The first-order valence-corrected chi connectivity index (χ1v) is 8.32. The summed E-state index contributed by atoms with van der Waals surface area (Å²) in [5.74, 6) is -7.78. The van der Waals surface area contributed by atoms with Crippen molar-refractivity contribution in [3.05, 3.63) is 65.2 Å². The number of nitrogens with one attached hydrogen (secondary N) is 2. The van der Waals surface area contributed by atoms with Gasteiger partial charge < -0.3 is 15.4 Å². The molecule has 1 atom stereocenters. The molecule has 2 aromatic carbocycles. The van der Waals surface area contributed by atoms with Crippen LogP contribution < -0.4 is 10.6 Å². The van der Waals surface area contributed by atoms with E-state index in [1.165, 1.54) is 25.1 Å². The largest absolute Gasteiger partial charge is 0.452 e. The molecule has 0 fully saturated rings. The molecule has 29 heavy (non-hydrogen) atoms. The lowest BCUT2D eigenvalue weighted by molar-refractivity contribution is -0.154. The molecule has 0 aliphatic rings. The summed E-state index contributed by atoms with van der Waals surface area (Å²) < 4.78 is 57.5. The normalized spacial score (nSPS) is 11.5. The molecule has 0 aliphatic heterocycles. The Labute approximate surface area is 162 Å². The molecule has 1 unspecified atom stereocenters. The van der Waals surface area contributed by atoms with E-state index in [0.29, 0.717) is 11.6 Å². The van der Waals surface area contributed by atoms with Crippen LogP contribution in [0.5, 0.6) is 0 Å². The Morgan fingerprint density at radius 3 is 2.45 bits per heavy atom. The number of halogens is 4. The SMILES string of the molecule is CC(OC(=O)Cc1cccc(F)c1)C(=O)NCC(=O)Nc1ccc(F)c(F)c1F. The molecule has 0 bridgehead atoms. The summed E-state index contributed by atoms with van der Waals surface area (Å²) in [6.07, 6.45) is -1.52. The number of rotatable bonds is 7. The van der Waals surface area contributed by atoms with Gasteiger partial charge in [0, 0.05) is 0 Å². The lowest BCUT2D eigenvalue weighted by atomic mass is 10.1. The van der Waals surface area contributed by atoms with Crippen LogP contribution in [-0.2, 0) is 25.5 Å². The number of esters is 1. The van der Waals surface area contributed by atoms with Gasteiger partial charge in [0.2, 0.25) is 5.91 Å². The van der Waals surface area contributed by atoms with Gasteiger partial charge in [-0.3, -0.25) is 14.4 Å². The number of carbonyl (C=O) groups is 3. The van der Waals surface area contributed by atoms with E-state index in [-0.39, 0.29) is 6.42 Å². The number of carbonyl (C=O) groups excluding carboxylic acids is 3. The van der Waals surface area contributed by atoms with Crippen molar-refractivity contribution in [2.75, 3.05) is 11.9 Å². The fourth-order valence-electron chi connectivity index (χ4n) is 2.23. The van der Waals surface area contributed by atoms with Crippen LogP contribution in [0.15, 0.2) is 36.4 Å². The van der Waals surface area contributed by atoms with Crippen LogP contribution in [0.3, 0.4) is 0 Å². The van der Waals surface area contributed by atoms with E-state index in [1.807, 2.05) is 5.32 Å². The number of anilines is 1. The highest BCUT2D eigenvalue weighted by Gasteiger charge is 2.20. The summed E-state index contributed by atoms with van der Waals surface area (Å²) >= 11 is 0. The maximum atomic E-state index is 13.5. The zero-order chi connectivity index (χ0) is 21.6. The van der Waals surface area contributed by atoms with Crippen LogP contribution in [0.1, 0.15) is 12.5 Å². The maximum Gasteiger partial charge on any atom is 0.311 e. The molecule has 2 amide bonds. The van der Waals surface area contributed by atoms with Crippen molar-refractivity contribution in [3.8, 4) is 0 Å². The summed E-state index contributed by atoms with van der Waals surface area (Å²) in [5.41, 5.74) is -0.242. The minimum Gasteiger partial charge on any atom is -0.452 e. The molecule has 154 valence electrons. The van der Waals surface area contributed by atoms with Crippen LogP contribution in [0, 0.1) is 23.3 Å². The Morgan fingerprint density at radius 2 is 1.76 bits per heavy atom. The lowest BCUT2D eigenvalue weighted by Gasteiger charge is -2.14. The third-order valence-corrected chi connectivity index (χ3v) is 3.65. The number of benzene rings is 2. The second-order valence-electron chi connectivity index (χ2n) is 5.93. The fraction of sp³-hybridized carbons (Fsp3) is 0.211. The summed E-state index contributed by atoms with van der Waals surface area (Å²) in [5, 5.41) is 4.12. The lowest BCUT2D eigenvalue weighted by Crippen LogP contribution is -2.40. The molecule has 0 heterocycles.